The molecular weight excluding hydrogens is 350 g/mol. The van der Waals surface area contributed by atoms with Gasteiger partial charge >= 0.3 is 18.9 Å². The van der Waals surface area contributed by atoms with Crippen LogP contribution in [0.2, 0.25) is 5.02 Å². The van der Waals surface area contributed by atoms with E-state index in [-0.39, 0.29) is 33.0 Å². The zero-order chi connectivity index (χ0) is 17.4. The Hall–Kier alpha value is -0.973. The van der Waals surface area contributed by atoms with E-state index in [1.165, 1.54) is 20.0 Å². The predicted octanol–water partition coefficient (Wildman–Crippen LogP) is 4.41. The summed E-state index contributed by atoms with van der Waals surface area (Å²) in [5.41, 5.74) is 0.411. The van der Waals surface area contributed by atoms with Gasteiger partial charge < -0.3 is 9.47 Å². The van der Waals surface area contributed by atoms with Crippen molar-refractivity contribution in [2.24, 2.45) is 0 Å². The Kier molecular flexibility index (Phi) is 10.2. The van der Waals surface area contributed by atoms with Crippen molar-refractivity contribution in [3.8, 4) is 11.5 Å². The van der Waals surface area contributed by atoms with Gasteiger partial charge in [0.15, 0.2) is 5.52 Å². The van der Waals surface area contributed by atoms with Gasteiger partial charge in [-0.05, 0) is 44.6 Å². The summed E-state index contributed by atoms with van der Waals surface area (Å²) in [4.78, 5) is 12.6. The van der Waals surface area contributed by atoms with Gasteiger partial charge in [0.05, 0.1) is 24.3 Å². The fourth-order valence-corrected chi connectivity index (χ4v) is 3.57. The molecule has 0 fully saturated rings. The molecule has 0 saturated heterocycles. The molecule has 0 amide bonds. The van der Waals surface area contributed by atoms with Gasteiger partial charge in [0, 0.05) is 0 Å². The average Bonchev–Trinajstić information content (AvgIpc) is 2.59. The van der Waals surface area contributed by atoms with Crippen LogP contribution in [0.3, 0.4) is 0 Å². The maximum atomic E-state index is 12.6. The molecule has 3 nitrogen and oxygen atoms in total. The number of rotatable bonds is 9. The number of ether oxygens (including phenoxy) is 2. The van der Waals surface area contributed by atoms with E-state index in [0.717, 1.165) is 24.1 Å². The third kappa shape index (κ3) is 6.68. The molecule has 130 valence electrons. The van der Waals surface area contributed by atoms with Crippen LogP contribution in [0.25, 0.3) is 0 Å². The van der Waals surface area contributed by atoms with Gasteiger partial charge in [-0.3, -0.25) is 4.79 Å². The van der Waals surface area contributed by atoms with Crippen molar-refractivity contribution < 1.29 is 14.3 Å². The third-order valence-corrected chi connectivity index (χ3v) is 4.97. The Morgan fingerprint density at radius 2 is 1.84 bits per heavy atom. The fourth-order valence-electron chi connectivity index (χ4n) is 2.26. The van der Waals surface area contributed by atoms with E-state index < -0.39 is 0 Å². The number of halogens is 1. The number of benzene rings is 2. The standard InChI is InChI=1S/C19H22ClO3P.Li.H/c1-3-4-5-13-23-14-9-11-15(12-10-14)24-19(21)18-16(20)7-6-8-17(18)22-2;;/h6-12,24H,3-5,13H2,1-2H3;;. The van der Waals surface area contributed by atoms with Crippen LogP contribution in [-0.4, -0.2) is 38.1 Å². The zero-order valence-corrected chi connectivity index (χ0v) is 15.7. The fraction of sp³-hybridized carbons (Fsp3) is 0.316. The summed E-state index contributed by atoms with van der Waals surface area (Å²) in [5.74, 6) is 1.35. The molecule has 0 N–H and O–H groups in total. The van der Waals surface area contributed by atoms with Crippen molar-refractivity contribution >= 4 is 49.9 Å². The molecule has 2 rings (SSSR count). The number of unbranched alkanes of at least 4 members (excludes halogenated alkanes) is 2. The van der Waals surface area contributed by atoms with E-state index in [1.807, 2.05) is 24.3 Å². The molecule has 2 aromatic carbocycles. The molecule has 0 bridgehead atoms. The summed E-state index contributed by atoms with van der Waals surface area (Å²) < 4.78 is 10.9. The molecule has 0 aliphatic rings. The zero-order valence-electron chi connectivity index (χ0n) is 14.0. The predicted molar refractivity (Wildman–Crippen MR) is 109 cm³/mol. The molecule has 25 heavy (non-hydrogen) atoms. The van der Waals surface area contributed by atoms with E-state index in [0.29, 0.717) is 16.3 Å². The molecule has 0 spiro atoms. The van der Waals surface area contributed by atoms with Crippen molar-refractivity contribution in [3.05, 3.63) is 53.1 Å². The molecule has 0 heterocycles. The molecule has 2 aromatic rings. The van der Waals surface area contributed by atoms with Crippen LogP contribution >= 0.6 is 20.2 Å². The van der Waals surface area contributed by atoms with Crippen molar-refractivity contribution in [2.75, 3.05) is 13.7 Å². The normalized spacial score (nSPS) is 10.5. The minimum absolute atomic E-state index is 0. The second-order valence-electron chi connectivity index (χ2n) is 5.35. The first-order valence-corrected chi connectivity index (χ1v) is 9.40. The Labute approximate surface area is 168 Å². The van der Waals surface area contributed by atoms with Gasteiger partial charge in [-0.15, -0.1) is 0 Å². The second kappa shape index (κ2) is 11.6. The van der Waals surface area contributed by atoms with Gasteiger partial charge in [0.2, 0.25) is 0 Å². The Morgan fingerprint density at radius 3 is 2.48 bits per heavy atom. The Bertz CT molecular complexity index is 677. The van der Waals surface area contributed by atoms with E-state index in [9.17, 15) is 4.79 Å². The van der Waals surface area contributed by atoms with E-state index in [4.69, 9.17) is 21.1 Å². The number of carbonyl (C=O) groups is 1. The minimum atomic E-state index is -0.0333. The summed E-state index contributed by atoms with van der Waals surface area (Å²) in [6.45, 7) is 2.89. The van der Waals surface area contributed by atoms with Crippen LogP contribution < -0.4 is 14.8 Å². The van der Waals surface area contributed by atoms with Crippen molar-refractivity contribution in [1.82, 2.24) is 0 Å². The summed E-state index contributed by atoms with van der Waals surface area (Å²) in [6, 6.07) is 12.9. The van der Waals surface area contributed by atoms with Gasteiger partial charge in [-0.2, -0.15) is 0 Å². The van der Waals surface area contributed by atoms with Gasteiger partial charge in [-0.1, -0.05) is 49.6 Å². The topological polar surface area (TPSA) is 35.5 Å². The molecule has 0 saturated carbocycles. The third-order valence-electron chi connectivity index (χ3n) is 3.55. The number of hydrogen-bond donors (Lipinski definition) is 0. The van der Waals surface area contributed by atoms with E-state index >= 15 is 0 Å². The summed E-state index contributed by atoms with van der Waals surface area (Å²) >= 11 is 6.16. The van der Waals surface area contributed by atoms with Gasteiger partial charge in [-0.25, -0.2) is 0 Å². The van der Waals surface area contributed by atoms with Crippen LogP contribution in [0.1, 0.15) is 36.5 Å². The summed E-state index contributed by atoms with van der Waals surface area (Å²) in [5, 5.41) is 1.37. The summed E-state index contributed by atoms with van der Waals surface area (Å²) in [7, 11) is 1.53. The van der Waals surface area contributed by atoms with Crippen molar-refractivity contribution in [2.45, 2.75) is 26.2 Å². The van der Waals surface area contributed by atoms with E-state index in [1.54, 1.807) is 18.2 Å². The first-order valence-electron chi connectivity index (χ1n) is 8.02. The van der Waals surface area contributed by atoms with Gasteiger partial charge in [0.25, 0.3) is 0 Å². The quantitative estimate of drug-likeness (QED) is 0.371. The monoisotopic (exact) mass is 372 g/mol. The van der Waals surface area contributed by atoms with E-state index in [2.05, 4.69) is 6.92 Å². The number of hydrogen-bond acceptors (Lipinski definition) is 3. The summed E-state index contributed by atoms with van der Waals surface area (Å²) in [6.07, 6.45) is 3.41. The Balaban J connectivity index is 0.00000312. The first-order chi connectivity index (χ1) is 11.7. The number of methoxy groups -OCH3 is 1. The average molecular weight is 373 g/mol. The van der Waals surface area contributed by atoms with Crippen LogP contribution in [-0.2, 0) is 0 Å². The first kappa shape index (κ1) is 22.1. The molecule has 1 unspecified atom stereocenters. The van der Waals surface area contributed by atoms with Crippen molar-refractivity contribution in [3.63, 3.8) is 0 Å². The van der Waals surface area contributed by atoms with Crippen molar-refractivity contribution in [1.29, 1.82) is 0 Å². The molecule has 0 aromatic heterocycles. The number of carbonyl (C=O) groups excluding carboxylic acids is 1. The van der Waals surface area contributed by atoms with Crippen LogP contribution in [0.4, 0.5) is 0 Å². The molecule has 0 radical (unpaired) electrons. The SMILES string of the molecule is CCCCCOc1ccc(PC(=O)c2c(Cl)cccc2OC)cc1.[LiH]. The van der Waals surface area contributed by atoms with Crippen LogP contribution in [0.15, 0.2) is 42.5 Å². The van der Waals surface area contributed by atoms with Crippen LogP contribution in [0, 0.1) is 0 Å². The molecular formula is C19H23ClLiO3P. The van der Waals surface area contributed by atoms with Crippen LogP contribution in [0.5, 0.6) is 11.5 Å². The molecule has 6 heteroatoms. The Morgan fingerprint density at radius 1 is 1.12 bits per heavy atom. The maximum absolute atomic E-state index is 12.6. The molecule has 0 aliphatic carbocycles. The molecule has 0 aliphatic heterocycles. The molecule has 1 atom stereocenters. The van der Waals surface area contributed by atoms with Gasteiger partial charge in [0.1, 0.15) is 11.5 Å². The second-order valence-corrected chi connectivity index (χ2v) is 7.04.